The highest BCUT2D eigenvalue weighted by Gasteiger charge is 2.31. The smallest absolute Gasteiger partial charge is 0.0653 e. The predicted octanol–water partition coefficient (Wildman–Crippen LogP) is 20.9. The zero-order chi connectivity index (χ0) is 86.8. The maximum absolute atomic E-state index is 11.1. The number of aromatic nitrogens is 2. The Balaban J connectivity index is 1.23. The molecule has 0 saturated heterocycles. The third-order valence-corrected chi connectivity index (χ3v) is 14.1. The summed E-state index contributed by atoms with van der Waals surface area (Å²) < 4.78 is 376. The normalized spacial score (nSPS) is 20.8. The van der Waals surface area contributed by atoms with Gasteiger partial charge in [0.05, 0.1) is 74.6 Å². The van der Waals surface area contributed by atoms with Crippen molar-refractivity contribution in [2.45, 2.75) is 51.9 Å². The first-order valence-electron chi connectivity index (χ1n) is 44.1. The van der Waals surface area contributed by atoms with Crippen molar-refractivity contribution in [1.29, 1.82) is 0 Å². The number of fused-ring (bicyclic) bond motifs is 12. The van der Waals surface area contributed by atoms with E-state index in [9.17, 15) is 41.1 Å². The lowest BCUT2D eigenvalue weighted by Crippen LogP contribution is -2.12. The molecule has 0 bridgehead atoms. The van der Waals surface area contributed by atoms with E-state index in [0.717, 1.165) is 8.80 Å². The summed E-state index contributed by atoms with van der Waals surface area (Å²) in [5.74, 6) is 0. The molecule has 0 saturated carbocycles. The Hall–Kier alpha value is -9.38. The van der Waals surface area contributed by atoms with Gasteiger partial charge in [0.25, 0.3) is 0 Å². The molecule has 0 radical (unpaired) electrons. The largest absolute Gasteiger partial charge is 0.310 e. The van der Waals surface area contributed by atoms with Gasteiger partial charge >= 0.3 is 0 Å². The zero-order valence-corrected chi connectivity index (χ0v) is 40.2. The molecule has 0 aliphatic carbocycles. The molecule has 4 nitrogen and oxygen atoms in total. The van der Waals surface area contributed by atoms with E-state index in [0.29, 0.717) is 0 Å². The van der Waals surface area contributed by atoms with Crippen LogP contribution in [0.2, 0.25) is 0 Å². The number of anilines is 6. The molecular weight excluding hydrogens is 945 g/mol. The number of hydrogen-bond donors (Lipinski definition) is 0. The van der Waals surface area contributed by atoms with Crippen LogP contribution in [0.25, 0.3) is 98.4 Å². The molecule has 374 valence electrons. The van der Waals surface area contributed by atoms with E-state index in [2.05, 4.69) is 0 Å². The quantitative estimate of drug-likeness (QED) is 0.151. The Morgan fingerprint density at radius 3 is 1.10 bits per heavy atom. The molecule has 0 N–H and O–H groups in total. The van der Waals surface area contributed by atoms with Gasteiger partial charge in [-0.3, -0.25) is 0 Å². The van der Waals surface area contributed by atoms with E-state index in [1.807, 2.05) is 0 Å². The summed E-state index contributed by atoms with van der Waals surface area (Å²) in [6, 6.07) is 5.20. The molecule has 15 rings (SSSR count). The molecule has 0 aliphatic heterocycles. The van der Waals surface area contributed by atoms with E-state index in [-0.39, 0.29) is 45.0 Å². The fourth-order valence-corrected chi connectivity index (χ4v) is 10.9. The van der Waals surface area contributed by atoms with Crippen LogP contribution < -0.4 is 9.80 Å². The van der Waals surface area contributed by atoms with Crippen molar-refractivity contribution in [3.63, 3.8) is 0 Å². The van der Waals surface area contributed by atoms with Gasteiger partial charge in [0.1, 0.15) is 0 Å². The molecular formula is C74H58N4. The third kappa shape index (κ3) is 6.85. The van der Waals surface area contributed by atoms with E-state index in [1.165, 1.54) is 107 Å². The molecule has 4 heterocycles. The molecule has 0 unspecified atom stereocenters. The Labute approximate surface area is 511 Å². The summed E-state index contributed by atoms with van der Waals surface area (Å²) in [5, 5.41) is -5.78. The fourth-order valence-electron chi connectivity index (χ4n) is 10.9. The first-order valence-corrected chi connectivity index (χ1v) is 24.1. The van der Waals surface area contributed by atoms with Gasteiger partial charge in [-0.2, -0.15) is 0 Å². The van der Waals surface area contributed by atoms with Crippen LogP contribution in [0.1, 0.15) is 107 Å². The average Bonchev–Trinajstić information content (AvgIpc) is 1.45. The monoisotopic (exact) mass is 1040 g/mol. The second kappa shape index (κ2) is 17.1. The summed E-state index contributed by atoms with van der Waals surface area (Å²) in [5.41, 5.74) is -18.4. The Bertz CT molecular complexity index is 6290. The van der Waals surface area contributed by atoms with Crippen LogP contribution in [0.15, 0.2) is 242 Å². The summed E-state index contributed by atoms with van der Waals surface area (Å²) in [4.78, 5) is 2.53. The van der Waals surface area contributed by atoms with Crippen molar-refractivity contribution >= 4 is 110 Å². The van der Waals surface area contributed by atoms with Crippen molar-refractivity contribution in [2.24, 2.45) is 0 Å². The summed E-state index contributed by atoms with van der Waals surface area (Å²) in [6.45, 7) is -26.0. The molecule has 15 aromatic rings. The van der Waals surface area contributed by atoms with Gasteiger partial charge in [-0.25, -0.2) is 0 Å². The highest BCUT2D eigenvalue weighted by atomic mass is 15.2. The third-order valence-electron chi connectivity index (χ3n) is 14.1. The molecule has 0 atom stereocenters. The summed E-state index contributed by atoms with van der Waals surface area (Å²) >= 11 is 0. The lowest BCUT2D eigenvalue weighted by atomic mass is 9.85. The van der Waals surface area contributed by atoms with Gasteiger partial charge in [-0.05, 0) is 117 Å². The second-order valence-corrected chi connectivity index (χ2v) is 18.6. The topological polar surface area (TPSA) is 15.3 Å². The summed E-state index contributed by atoms with van der Waals surface area (Å²) in [7, 11) is 0. The van der Waals surface area contributed by atoms with Crippen LogP contribution in [0.5, 0.6) is 0 Å². The number of rotatable bonds is 8. The summed E-state index contributed by atoms with van der Waals surface area (Å²) in [6.07, 6.45) is 0. The highest BCUT2D eigenvalue weighted by Crippen LogP contribution is 2.53. The lowest BCUT2D eigenvalue weighted by Gasteiger charge is -2.27. The van der Waals surface area contributed by atoms with Crippen molar-refractivity contribution in [2.75, 3.05) is 9.80 Å². The zero-order valence-electron chi connectivity index (χ0n) is 80.2. The van der Waals surface area contributed by atoms with Crippen molar-refractivity contribution in [3.8, 4) is 22.3 Å². The van der Waals surface area contributed by atoms with Crippen LogP contribution >= 0.6 is 0 Å². The van der Waals surface area contributed by atoms with Gasteiger partial charge in [0.15, 0.2) is 0 Å². The van der Waals surface area contributed by atoms with Gasteiger partial charge in [-0.1, -0.05) is 211 Å². The minimum absolute atomic E-state index is 0.0296. The molecule has 4 aromatic heterocycles. The number of nitrogens with zero attached hydrogens (tertiary/aromatic N) is 4. The first-order chi connectivity index (χ1) is 54.7. The minimum Gasteiger partial charge on any atom is -0.310 e. The molecule has 78 heavy (non-hydrogen) atoms. The predicted molar refractivity (Wildman–Crippen MR) is 333 cm³/mol. The van der Waals surface area contributed by atoms with E-state index in [4.69, 9.17) is 13.7 Å². The Kier molecular flexibility index (Phi) is 4.57. The number of para-hydroxylation sites is 4. The molecule has 11 aromatic carbocycles. The van der Waals surface area contributed by atoms with Gasteiger partial charge < -0.3 is 18.6 Å². The minimum atomic E-state index is -4.36. The van der Waals surface area contributed by atoms with Crippen LogP contribution in [-0.2, 0) is 10.8 Å². The number of hydrogen-bond acceptors (Lipinski definition) is 2. The number of benzene rings is 11. The van der Waals surface area contributed by atoms with Crippen LogP contribution in [0.3, 0.4) is 0 Å². The van der Waals surface area contributed by atoms with Crippen LogP contribution in [-0.4, -0.2) is 8.80 Å². The van der Waals surface area contributed by atoms with Crippen molar-refractivity contribution in [1.82, 2.24) is 8.80 Å². The van der Waals surface area contributed by atoms with E-state index >= 15 is 0 Å². The van der Waals surface area contributed by atoms with E-state index in [1.54, 1.807) is 12.1 Å². The van der Waals surface area contributed by atoms with Crippen molar-refractivity contribution < 1.29 is 54.8 Å². The highest BCUT2D eigenvalue weighted by molar-refractivity contribution is 6.32. The van der Waals surface area contributed by atoms with E-state index < -0.39 is 284 Å². The van der Waals surface area contributed by atoms with Gasteiger partial charge in [-0.15, -0.1) is 0 Å². The van der Waals surface area contributed by atoms with Gasteiger partial charge in [0.2, 0.25) is 0 Å². The second-order valence-electron chi connectivity index (χ2n) is 18.6. The standard InChI is InChI=1S/C74H58N4/c1-73(2,3)61-31-19-29-57-67-63(75(51-25-15-9-16-26-51)53-37-33-49(34-38-53)47-21-11-7-12-22-47)43-41-55-59-46-66-60(45-65(59)77(69(57)61)71(55)67)56-42-44-64(68-58-30-20-32-62(74(4,5)6)70(58)78(66)72(56)68)76(52-27-17-10-18-28-52)54-39-35-50(36-40-54)48-23-13-8-14-24-48/h7-46H,1-6H3/i1D3,2D3,3D3,4D3,5D3,6D3,7D,8D,11D,12D,13D,14D,19D,20D,21D,22D,23D,24D,29D,30D,31D,32D,41D,42D,43D,44D,45D,46D. The average molecular weight is 1040 g/mol. The molecule has 0 fully saturated rings. The maximum Gasteiger partial charge on any atom is 0.0653 e. The SMILES string of the molecule is [2H]c1c([2H])c([2H])c(-c2ccc(N(c3ccccc3)c3c([2H])c([2H])c4c5c([2H])c6c(c([2H])c5n5c7c(C(C([2H])([2H])[2H])(C([2H])([2H])[2H])C([2H])([2H])[2H])c([2H])c([2H])c([2H])c7c3c45)c3c([2H])c([2H])c(N(c4ccccc4)c4ccc(-c5c([2H])c([2H])c([2H])c([2H])c5[2H])cc4)c4c5c([2H])c([2H])c([2H])c(C(C([2H])([2H])[2H])(C([2H])([2H])[2H])C([2H])([2H])[2H])c5n6c34)cc2)c([2H])c1[2H]. The Morgan fingerprint density at radius 1 is 0.333 bits per heavy atom. The molecule has 0 spiro atoms. The van der Waals surface area contributed by atoms with Crippen molar-refractivity contribution in [3.05, 3.63) is 253 Å². The van der Waals surface area contributed by atoms with Gasteiger partial charge in [0, 0.05) is 90.5 Å². The van der Waals surface area contributed by atoms with Crippen LogP contribution in [0.4, 0.5) is 34.1 Å². The molecule has 4 heteroatoms. The lowest BCUT2D eigenvalue weighted by molar-refractivity contribution is 0.594. The molecule has 0 amide bonds. The fraction of sp³-hybridized carbons (Fsp3) is 0.108. The molecule has 0 aliphatic rings. The first kappa shape index (κ1) is 20.9. The maximum atomic E-state index is 11.1. The van der Waals surface area contributed by atoms with Crippen LogP contribution in [0, 0.1) is 0 Å². The Morgan fingerprint density at radius 2 is 0.718 bits per heavy atom.